The number of non-ortho nitro benzene ring substituents is 1. The van der Waals surface area contributed by atoms with Crippen LogP contribution in [0.2, 0.25) is 0 Å². The number of nitrogens with zero attached hydrogens (tertiary/aromatic N) is 2. The molecule has 0 aromatic heterocycles. The van der Waals surface area contributed by atoms with E-state index in [-0.39, 0.29) is 27.7 Å². The van der Waals surface area contributed by atoms with Crippen molar-refractivity contribution in [2.24, 2.45) is 0 Å². The second-order valence-corrected chi connectivity index (χ2v) is 8.85. The van der Waals surface area contributed by atoms with Crippen LogP contribution in [0.3, 0.4) is 0 Å². The number of halogens is 1. The van der Waals surface area contributed by atoms with Gasteiger partial charge >= 0.3 is 0 Å². The second-order valence-electron chi connectivity index (χ2n) is 6.99. The van der Waals surface area contributed by atoms with E-state index in [1.807, 2.05) is 0 Å². The van der Waals surface area contributed by atoms with Crippen molar-refractivity contribution in [2.75, 3.05) is 23.3 Å². The Hall–Kier alpha value is -3.99. The Balaban J connectivity index is 1.96. The summed E-state index contributed by atoms with van der Waals surface area (Å²) >= 11 is 0. The quantitative estimate of drug-likeness (QED) is 0.392. The van der Waals surface area contributed by atoms with Crippen molar-refractivity contribution >= 4 is 33.0 Å². The van der Waals surface area contributed by atoms with Gasteiger partial charge in [-0.05, 0) is 49.4 Å². The zero-order chi connectivity index (χ0) is 24.2. The van der Waals surface area contributed by atoms with Crippen LogP contribution in [-0.4, -0.2) is 32.9 Å². The molecule has 11 heteroatoms. The number of sulfonamides is 1. The zero-order valence-corrected chi connectivity index (χ0v) is 18.5. The molecule has 0 fully saturated rings. The highest BCUT2D eigenvalue weighted by Gasteiger charge is 2.28. The molecule has 0 unspecified atom stereocenters. The number of hydrogen-bond acceptors (Lipinski definition) is 6. The number of carbonyl (C=O) groups is 1. The average molecular weight is 473 g/mol. The van der Waals surface area contributed by atoms with Crippen LogP contribution in [0.4, 0.5) is 21.5 Å². The molecule has 3 aromatic carbocycles. The molecular formula is C22H20FN3O6S. The molecule has 0 saturated heterocycles. The predicted molar refractivity (Wildman–Crippen MR) is 120 cm³/mol. The lowest BCUT2D eigenvalue weighted by Gasteiger charge is -2.24. The number of methoxy groups -OCH3 is 1. The summed E-state index contributed by atoms with van der Waals surface area (Å²) in [5, 5.41) is 13.5. The molecule has 0 spiro atoms. The minimum Gasteiger partial charge on any atom is -0.495 e. The largest absolute Gasteiger partial charge is 0.495 e. The van der Waals surface area contributed by atoms with Gasteiger partial charge in [0.1, 0.15) is 18.1 Å². The molecule has 0 saturated carbocycles. The maximum absolute atomic E-state index is 13.4. The Morgan fingerprint density at radius 2 is 1.73 bits per heavy atom. The number of benzene rings is 3. The van der Waals surface area contributed by atoms with Crippen LogP contribution in [0.15, 0.2) is 71.6 Å². The fraction of sp³-hybridized carbons (Fsp3) is 0.136. The third-order valence-corrected chi connectivity index (χ3v) is 6.47. The summed E-state index contributed by atoms with van der Waals surface area (Å²) in [6, 6.07) is 14.3. The van der Waals surface area contributed by atoms with Crippen molar-refractivity contribution in [1.29, 1.82) is 0 Å². The monoisotopic (exact) mass is 473 g/mol. The van der Waals surface area contributed by atoms with Crippen molar-refractivity contribution in [3.05, 3.63) is 88.2 Å². The maximum Gasteiger partial charge on any atom is 0.271 e. The van der Waals surface area contributed by atoms with Crippen LogP contribution in [0.1, 0.15) is 5.56 Å². The first kappa shape index (κ1) is 23.7. The van der Waals surface area contributed by atoms with E-state index in [1.165, 1.54) is 43.5 Å². The number of amides is 1. The molecule has 0 atom stereocenters. The van der Waals surface area contributed by atoms with Gasteiger partial charge in [0.2, 0.25) is 5.91 Å². The van der Waals surface area contributed by atoms with Crippen LogP contribution < -0.4 is 14.4 Å². The van der Waals surface area contributed by atoms with Crippen LogP contribution in [-0.2, 0) is 14.8 Å². The van der Waals surface area contributed by atoms with Crippen molar-refractivity contribution < 1.29 is 27.3 Å². The number of rotatable bonds is 8. The molecule has 172 valence electrons. The van der Waals surface area contributed by atoms with Gasteiger partial charge in [-0.2, -0.15) is 0 Å². The molecule has 1 amide bonds. The molecule has 0 heterocycles. The lowest BCUT2D eigenvalue weighted by Crippen LogP contribution is -2.38. The number of aryl methyl sites for hydroxylation is 1. The summed E-state index contributed by atoms with van der Waals surface area (Å²) in [5.74, 6) is -1.20. The number of nitrogens with one attached hydrogen (secondary N) is 1. The van der Waals surface area contributed by atoms with Crippen LogP contribution in [0.25, 0.3) is 0 Å². The lowest BCUT2D eigenvalue weighted by atomic mass is 10.2. The van der Waals surface area contributed by atoms with Gasteiger partial charge < -0.3 is 10.1 Å². The lowest BCUT2D eigenvalue weighted by molar-refractivity contribution is -0.384. The highest BCUT2D eigenvalue weighted by molar-refractivity contribution is 7.92. The van der Waals surface area contributed by atoms with E-state index >= 15 is 0 Å². The molecule has 0 bridgehead atoms. The molecule has 3 aromatic rings. The Kier molecular flexibility index (Phi) is 6.92. The molecule has 0 aliphatic heterocycles. The van der Waals surface area contributed by atoms with Gasteiger partial charge in [0, 0.05) is 12.1 Å². The molecule has 3 rings (SSSR count). The smallest absolute Gasteiger partial charge is 0.271 e. The number of nitro benzene ring substituents is 1. The summed E-state index contributed by atoms with van der Waals surface area (Å²) < 4.78 is 46.0. The van der Waals surface area contributed by atoms with Crippen LogP contribution >= 0.6 is 0 Å². The number of ether oxygens (including phenoxy) is 1. The SMILES string of the molecule is COc1ccc([N+](=O)[O-])cc1NC(=O)CN(c1ccc(F)cc1)S(=O)(=O)c1ccc(C)cc1. The summed E-state index contributed by atoms with van der Waals surface area (Å²) in [7, 11) is -2.87. The van der Waals surface area contributed by atoms with E-state index in [9.17, 15) is 27.7 Å². The summed E-state index contributed by atoms with van der Waals surface area (Å²) in [5.41, 5.74) is 0.633. The number of carbonyl (C=O) groups excluding carboxylic acids is 1. The van der Waals surface area contributed by atoms with Gasteiger partial charge in [-0.1, -0.05) is 17.7 Å². The summed E-state index contributed by atoms with van der Waals surface area (Å²) in [4.78, 5) is 23.2. The first-order chi connectivity index (χ1) is 15.6. The number of anilines is 2. The van der Waals surface area contributed by atoms with E-state index in [2.05, 4.69) is 5.32 Å². The molecule has 0 aliphatic rings. The van der Waals surface area contributed by atoms with Crippen molar-refractivity contribution in [2.45, 2.75) is 11.8 Å². The van der Waals surface area contributed by atoms with Crippen LogP contribution in [0, 0.1) is 22.9 Å². The Bertz CT molecular complexity index is 1280. The third kappa shape index (κ3) is 5.44. The normalized spacial score (nSPS) is 11.0. The van der Waals surface area contributed by atoms with Crippen molar-refractivity contribution in [3.8, 4) is 5.75 Å². The molecule has 33 heavy (non-hydrogen) atoms. The fourth-order valence-corrected chi connectivity index (χ4v) is 4.41. The third-order valence-electron chi connectivity index (χ3n) is 4.68. The molecule has 0 aliphatic carbocycles. The van der Waals surface area contributed by atoms with Gasteiger partial charge in [0.15, 0.2) is 0 Å². The van der Waals surface area contributed by atoms with Gasteiger partial charge in [-0.15, -0.1) is 0 Å². The highest BCUT2D eigenvalue weighted by Crippen LogP contribution is 2.29. The second kappa shape index (κ2) is 9.65. The van der Waals surface area contributed by atoms with E-state index < -0.39 is 33.2 Å². The topological polar surface area (TPSA) is 119 Å². The van der Waals surface area contributed by atoms with E-state index in [0.29, 0.717) is 0 Å². The van der Waals surface area contributed by atoms with Crippen molar-refractivity contribution in [3.63, 3.8) is 0 Å². The van der Waals surface area contributed by atoms with E-state index in [1.54, 1.807) is 19.1 Å². The average Bonchev–Trinajstić information content (AvgIpc) is 2.78. The van der Waals surface area contributed by atoms with Gasteiger partial charge in [-0.3, -0.25) is 19.2 Å². The number of hydrogen-bond donors (Lipinski definition) is 1. The molecular weight excluding hydrogens is 453 g/mol. The Morgan fingerprint density at radius 1 is 1.09 bits per heavy atom. The summed E-state index contributed by atoms with van der Waals surface area (Å²) in [6.07, 6.45) is 0. The minimum atomic E-state index is -4.20. The number of nitro groups is 1. The van der Waals surface area contributed by atoms with Gasteiger partial charge in [0.25, 0.3) is 15.7 Å². The predicted octanol–water partition coefficient (Wildman–Crippen LogP) is 3.88. The van der Waals surface area contributed by atoms with Crippen molar-refractivity contribution in [1.82, 2.24) is 0 Å². The molecule has 1 N–H and O–H groups in total. The summed E-state index contributed by atoms with van der Waals surface area (Å²) in [6.45, 7) is 1.13. The standard InChI is InChI=1S/C22H20FN3O6S/c1-15-3-10-19(11-4-15)33(30,31)25(17-7-5-16(23)6-8-17)14-22(27)24-20-13-18(26(28)29)9-12-21(20)32-2/h3-13H,14H2,1-2H3,(H,24,27). The molecule has 9 nitrogen and oxygen atoms in total. The molecule has 0 radical (unpaired) electrons. The minimum absolute atomic E-state index is 0.00323. The zero-order valence-electron chi connectivity index (χ0n) is 17.7. The van der Waals surface area contributed by atoms with E-state index in [0.717, 1.165) is 28.1 Å². The highest BCUT2D eigenvalue weighted by atomic mass is 32.2. The van der Waals surface area contributed by atoms with E-state index in [4.69, 9.17) is 4.74 Å². The Morgan fingerprint density at radius 3 is 2.30 bits per heavy atom. The maximum atomic E-state index is 13.4. The first-order valence-corrected chi connectivity index (χ1v) is 11.0. The first-order valence-electron chi connectivity index (χ1n) is 9.59. The Labute approximate surface area is 189 Å². The van der Waals surface area contributed by atoms with Crippen LogP contribution in [0.5, 0.6) is 5.75 Å². The van der Waals surface area contributed by atoms with Gasteiger partial charge in [0.05, 0.1) is 28.3 Å². The fourth-order valence-electron chi connectivity index (χ4n) is 2.99. The van der Waals surface area contributed by atoms with Gasteiger partial charge in [-0.25, -0.2) is 12.8 Å².